The van der Waals surface area contributed by atoms with E-state index in [2.05, 4.69) is 80.1 Å². The molecule has 1 aliphatic heterocycles. The molecule has 1 saturated heterocycles. The van der Waals surface area contributed by atoms with Crippen molar-refractivity contribution in [3.8, 4) is 0 Å². The van der Waals surface area contributed by atoms with Gasteiger partial charge in [0.15, 0.2) is 0 Å². The number of morpholine rings is 1. The first-order chi connectivity index (χ1) is 12.8. The number of hydrogen-bond acceptors (Lipinski definition) is 2. The fraction of sp³-hybridized carbons (Fsp3) is 0.364. The highest BCUT2D eigenvalue weighted by Gasteiger charge is 2.12. The average molecular weight is 413 g/mol. The van der Waals surface area contributed by atoms with Crippen LogP contribution in [0.3, 0.4) is 0 Å². The molecule has 136 valence electrons. The van der Waals surface area contributed by atoms with E-state index in [1.807, 2.05) is 0 Å². The summed E-state index contributed by atoms with van der Waals surface area (Å²) in [5, 5.41) is 1.39. The lowest BCUT2D eigenvalue weighted by Crippen LogP contribution is -2.36. The van der Waals surface area contributed by atoms with Crippen LogP contribution in [0.2, 0.25) is 0 Å². The minimum Gasteiger partial charge on any atom is -0.379 e. The predicted octanol–water partition coefficient (Wildman–Crippen LogP) is 4.72. The molecule has 2 heterocycles. The van der Waals surface area contributed by atoms with E-state index in [0.717, 1.165) is 50.3 Å². The molecule has 1 aliphatic rings. The Labute approximate surface area is 163 Å². The van der Waals surface area contributed by atoms with Crippen molar-refractivity contribution in [3.05, 3.63) is 70.3 Å². The molecule has 0 unspecified atom stereocenters. The zero-order chi connectivity index (χ0) is 17.8. The average Bonchev–Trinajstić information content (AvgIpc) is 3.02. The van der Waals surface area contributed by atoms with Gasteiger partial charge in [-0.05, 0) is 48.7 Å². The van der Waals surface area contributed by atoms with Crippen LogP contribution in [0, 0.1) is 0 Å². The first-order valence-corrected chi connectivity index (χ1v) is 10.2. The highest BCUT2D eigenvalue weighted by molar-refractivity contribution is 9.10. The van der Waals surface area contributed by atoms with Gasteiger partial charge in [0.05, 0.1) is 13.2 Å². The van der Waals surface area contributed by atoms with Crippen molar-refractivity contribution >= 4 is 26.8 Å². The van der Waals surface area contributed by atoms with Gasteiger partial charge in [0.25, 0.3) is 0 Å². The summed E-state index contributed by atoms with van der Waals surface area (Å²) in [6.45, 7) is 5.99. The summed E-state index contributed by atoms with van der Waals surface area (Å²) < 4.78 is 8.96. The molecule has 0 atom stereocenters. The number of hydrogen-bond donors (Lipinski definition) is 0. The molecular weight excluding hydrogens is 388 g/mol. The Balaban J connectivity index is 1.49. The van der Waals surface area contributed by atoms with Crippen LogP contribution in [-0.2, 0) is 17.7 Å². The van der Waals surface area contributed by atoms with E-state index in [1.165, 1.54) is 28.5 Å². The van der Waals surface area contributed by atoms with Gasteiger partial charge < -0.3 is 9.30 Å². The van der Waals surface area contributed by atoms with Gasteiger partial charge in [-0.25, -0.2) is 0 Å². The van der Waals surface area contributed by atoms with E-state index in [-0.39, 0.29) is 0 Å². The summed E-state index contributed by atoms with van der Waals surface area (Å²) in [7, 11) is 0. The Morgan fingerprint density at radius 3 is 2.54 bits per heavy atom. The van der Waals surface area contributed by atoms with Crippen LogP contribution in [0.15, 0.2) is 59.2 Å². The number of halogens is 1. The van der Waals surface area contributed by atoms with E-state index in [0.29, 0.717) is 0 Å². The molecule has 3 aromatic rings. The van der Waals surface area contributed by atoms with Crippen LogP contribution < -0.4 is 0 Å². The van der Waals surface area contributed by atoms with Crippen molar-refractivity contribution in [2.75, 3.05) is 32.8 Å². The predicted molar refractivity (Wildman–Crippen MR) is 111 cm³/mol. The Morgan fingerprint density at radius 1 is 0.962 bits per heavy atom. The Bertz CT molecular complexity index is 850. The van der Waals surface area contributed by atoms with Gasteiger partial charge in [0.1, 0.15) is 0 Å². The number of para-hydroxylation sites is 1. The first kappa shape index (κ1) is 17.8. The Hall–Kier alpha value is -1.62. The number of aryl methyl sites for hydroxylation is 1. The minimum absolute atomic E-state index is 0.881. The van der Waals surface area contributed by atoms with Crippen LogP contribution in [-0.4, -0.2) is 42.3 Å². The van der Waals surface area contributed by atoms with Gasteiger partial charge in [-0.3, -0.25) is 4.90 Å². The third-order valence-electron chi connectivity index (χ3n) is 5.16. The third kappa shape index (κ3) is 4.20. The normalized spacial score (nSPS) is 15.6. The lowest BCUT2D eigenvalue weighted by molar-refractivity contribution is 0.0375. The maximum Gasteiger partial charge on any atom is 0.0594 e. The zero-order valence-electron chi connectivity index (χ0n) is 15.0. The molecule has 1 fully saturated rings. The zero-order valence-corrected chi connectivity index (χ0v) is 16.6. The second-order valence-electron chi connectivity index (χ2n) is 6.98. The SMILES string of the molecule is Brc1ccc(Cn2cc(CCCN3CCOCC3)c3ccccc32)cc1. The van der Waals surface area contributed by atoms with Crippen LogP contribution in [0.25, 0.3) is 10.9 Å². The van der Waals surface area contributed by atoms with E-state index in [4.69, 9.17) is 4.74 Å². The van der Waals surface area contributed by atoms with Gasteiger partial charge in [-0.2, -0.15) is 0 Å². The Morgan fingerprint density at radius 2 is 1.73 bits per heavy atom. The molecule has 0 radical (unpaired) electrons. The van der Waals surface area contributed by atoms with Crippen LogP contribution >= 0.6 is 15.9 Å². The van der Waals surface area contributed by atoms with Gasteiger partial charge in [-0.15, -0.1) is 0 Å². The molecule has 1 aromatic heterocycles. The molecule has 0 spiro atoms. The number of fused-ring (bicyclic) bond motifs is 1. The fourth-order valence-corrected chi connectivity index (χ4v) is 4.02. The molecule has 0 amide bonds. The van der Waals surface area contributed by atoms with Crippen LogP contribution in [0.1, 0.15) is 17.5 Å². The van der Waals surface area contributed by atoms with Crippen molar-refractivity contribution in [2.45, 2.75) is 19.4 Å². The maximum absolute atomic E-state index is 5.44. The molecule has 2 aromatic carbocycles. The fourth-order valence-electron chi connectivity index (χ4n) is 3.76. The van der Waals surface area contributed by atoms with Crippen molar-refractivity contribution in [1.29, 1.82) is 0 Å². The molecule has 0 bridgehead atoms. The van der Waals surface area contributed by atoms with Gasteiger partial charge in [0.2, 0.25) is 0 Å². The van der Waals surface area contributed by atoms with Crippen LogP contribution in [0.4, 0.5) is 0 Å². The largest absolute Gasteiger partial charge is 0.379 e. The van der Waals surface area contributed by atoms with E-state index >= 15 is 0 Å². The third-order valence-corrected chi connectivity index (χ3v) is 5.69. The molecule has 4 heteroatoms. The maximum atomic E-state index is 5.44. The number of aromatic nitrogens is 1. The summed E-state index contributed by atoms with van der Waals surface area (Å²) in [5.74, 6) is 0. The second-order valence-corrected chi connectivity index (χ2v) is 7.90. The molecule has 0 saturated carbocycles. The van der Waals surface area contributed by atoms with Crippen molar-refractivity contribution < 1.29 is 4.74 Å². The number of ether oxygens (including phenoxy) is 1. The smallest absolute Gasteiger partial charge is 0.0594 e. The molecule has 0 N–H and O–H groups in total. The first-order valence-electron chi connectivity index (χ1n) is 9.41. The van der Waals surface area contributed by atoms with Gasteiger partial charge in [-0.1, -0.05) is 46.3 Å². The number of rotatable bonds is 6. The second kappa shape index (κ2) is 8.38. The summed E-state index contributed by atoms with van der Waals surface area (Å²) in [6.07, 6.45) is 4.68. The van der Waals surface area contributed by atoms with Crippen molar-refractivity contribution in [3.63, 3.8) is 0 Å². The van der Waals surface area contributed by atoms with Crippen LogP contribution in [0.5, 0.6) is 0 Å². The highest BCUT2D eigenvalue weighted by atomic mass is 79.9. The molecule has 4 rings (SSSR count). The highest BCUT2D eigenvalue weighted by Crippen LogP contribution is 2.24. The molecular formula is C22H25BrN2O. The van der Waals surface area contributed by atoms with Gasteiger partial charge in [0, 0.05) is 41.2 Å². The number of benzene rings is 2. The van der Waals surface area contributed by atoms with Crippen molar-refractivity contribution in [1.82, 2.24) is 9.47 Å². The summed E-state index contributed by atoms with van der Waals surface area (Å²) in [6, 6.07) is 17.4. The monoisotopic (exact) mass is 412 g/mol. The summed E-state index contributed by atoms with van der Waals surface area (Å²) in [4.78, 5) is 2.52. The molecule has 26 heavy (non-hydrogen) atoms. The molecule has 0 aliphatic carbocycles. The van der Waals surface area contributed by atoms with Gasteiger partial charge >= 0.3 is 0 Å². The van der Waals surface area contributed by atoms with E-state index in [9.17, 15) is 0 Å². The van der Waals surface area contributed by atoms with Crippen molar-refractivity contribution in [2.24, 2.45) is 0 Å². The standard InChI is InChI=1S/C22H25BrN2O/c23-20-9-7-18(8-10-20)16-25-17-19(21-5-1-2-6-22(21)25)4-3-11-24-12-14-26-15-13-24/h1-2,5-10,17H,3-4,11-16H2. The topological polar surface area (TPSA) is 17.4 Å². The quantitative estimate of drug-likeness (QED) is 0.582. The minimum atomic E-state index is 0.881. The van der Waals surface area contributed by atoms with E-state index < -0.39 is 0 Å². The molecule has 3 nitrogen and oxygen atoms in total. The Kier molecular flexibility index (Phi) is 5.73. The van der Waals surface area contributed by atoms with E-state index in [1.54, 1.807) is 0 Å². The lowest BCUT2D eigenvalue weighted by Gasteiger charge is -2.26. The summed E-state index contributed by atoms with van der Waals surface area (Å²) in [5.41, 5.74) is 4.12. The lowest BCUT2D eigenvalue weighted by atomic mass is 10.1. The number of nitrogens with zero attached hydrogens (tertiary/aromatic N) is 2. The summed E-state index contributed by atoms with van der Waals surface area (Å²) >= 11 is 3.52.